The summed E-state index contributed by atoms with van der Waals surface area (Å²) in [4.78, 5) is 18.8. The van der Waals surface area contributed by atoms with Crippen LogP contribution in [-0.4, -0.2) is 22.0 Å². The van der Waals surface area contributed by atoms with E-state index in [4.69, 9.17) is 0 Å². The highest BCUT2D eigenvalue weighted by Crippen LogP contribution is 2.35. The summed E-state index contributed by atoms with van der Waals surface area (Å²) in [5.74, 6) is -0.686. The van der Waals surface area contributed by atoms with E-state index in [-0.39, 0.29) is 17.3 Å². The molecule has 0 aromatic carbocycles. The van der Waals surface area contributed by atoms with Crippen molar-refractivity contribution in [1.29, 1.82) is 0 Å². The van der Waals surface area contributed by atoms with Gasteiger partial charge in [0.15, 0.2) is 5.69 Å². The lowest BCUT2D eigenvalue weighted by atomic mass is 10.1. The van der Waals surface area contributed by atoms with Gasteiger partial charge in [-0.1, -0.05) is 0 Å². The average molecular weight is 340 g/mol. The molecule has 0 saturated heterocycles. The zero-order valence-corrected chi connectivity index (χ0v) is 12.2. The summed E-state index contributed by atoms with van der Waals surface area (Å²) in [5, 5.41) is 4.69. The number of alkyl halides is 3. The lowest BCUT2D eigenvalue weighted by Gasteiger charge is -2.14. The summed E-state index contributed by atoms with van der Waals surface area (Å²) in [6.45, 7) is 0. The predicted molar refractivity (Wildman–Crippen MR) is 77.6 cm³/mol. The zero-order chi connectivity index (χ0) is 17.3. The number of nitrogens with zero attached hydrogens (tertiary/aromatic N) is 2. The largest absolute Gasteiger partial charge is 0.435 e. The van der Waals surface area contributed by atoms with Gasteiger partial charge in [-0.15, -0.1) is 0 Å². The first-order chi connectivity index (χ1) is 11.3. The highest BCUT2D eigenvalue weighted by molar-refractivity contribution is 5.90. The van der Waals surface area contributed by atoms with Crippen molar-refractivity contribution in [1.82, 2.24) is 15.3 Å². The molecule has 0 spiro atoms. The maximum atomic E-state index is 13.2. The topological polar surface area (TPSA) is 66.9 Å². The molecule has 2 N–H and O–H groups in total. The molecule has 0 radical (unpaired) electrons. The Morgan fingerprint density at radius 3 is 2.58 bits per heavy atom. The molecule has 0 unspecified atom stereocenters. The van der Waals surface area contributed by atoms with Crippen LogP contribution in [0.15, 0.2) is 30.6 Å². The number of hydrogen-bond acceptors (Lipinski definition) is 3. The van der Waals surface area contributed by atoms with Crippen molar-refractivity contribution in [2.24, 2.45) is 0 Å². The molecule has 0 aliphatic heterocycles. The van der Waals surface area contributed by atoms with Gasteiger partial charge >= 0.3 is 12.2 Å². The number of halogens is 4. The van der Waals surface area contributed by atoms with Gasteiger partial charge in [-0.3, -0.25) is 4.98 Å². The number of urea groups is 1. The molecule has 5 nitrogen and oxygen atoms in total. The second kappa shape index (κ2) is 6.06. The van der Waals surface area contributed by atoms with Gasteiger partial charge in [-0.2, -0.15) is 13.2 Å². The molecule has 1 aliphatic rings. The van der Waals surface area contributed by atoms with E-state index in [1.54, 1.807) is 0 Å². The van der Waals surface area contributed by atoms with Crippen molar-refractivity contribution in [2.45, 2.75) is 25.1 Å². The molecular weight excluding hydrogens is 328 g/mol. The maximum Gasteiger partial charge on any atom is 0.435 e. The van der Waals surface area contributed by atoms with Gasteiger partial charge in [-0.05, 0) is 31.0 Å². The Balaban J connectivity index is 1.93. The zero-order valence-electron chi connectivity index (χ0n) is 12.2. The molecule has 24 heavy (non-hydrogen) atoms. The highest BCUT2D eigenvalue weighted by Gasteiger charge is 2.36. The molecule has 0 bridgehead atoms. The van der Waals surface area contributed by atoms with E-state index in [2.05, 4.69) is 20.6 Å². The minimum absolute atomic E-state index is 0.00457. The summed E-state index contributed by atoms with van der Waals surface area (Å²) in [5.41, 5.74) is -1.71. The van der Waals surface area contributed by atoms with Gasteiger partial charge in [-0.25, -0.2) is 14.2 Å². The number of amides is 2. The molecule has 9 heteroatoms. The SMILES string of the molecule is O=C(Nc1ccc(-c2cncc(F)c2)nc1C(F)(F)F)NC1CC1. The van der Waals surface area contributed by atoms with Crippen LogP contribution >= 0.6 is 0 Å². The quantitative estimate of drug-likeness (QED) is 0.839. The van der Waals surface area contributed by atoms with Gasteiger partial charge in [0.2, 0.25) is 0 Å². The summed E-state index contributed by atoms with van der Waals surface area (Å²) in [6, 6.07) is 2.67. The monoisotopic (exact) mass is 340 g/mol. The first-order valence-corrected chi connectivity index (χ1v) is 7.09. The highest BCUT2D eigenvalue weighted by atomic mass is 19.4. The smallest absolute Gasteiger partial charge is 0.335 e. The molecule has 2 heterocycles. The fourth-order valence-electron chi connectivity index (χ4n) is 2.06. The number of carbonyl (C=O) groups excluding carboxylic acids is 1. The van der Waals surface area contributed by atoms with E-state index in [1.165, 1.54) is 12.3 Å². The van der Waals surface area contributed by atoms with Crippen LogP contribution in [0.4, 0.5) is 28.0 Å². The molecule has 126 valence electrons. The normalized spacial score (nSPS) is 14.3. The van der Waals surface area contributed by atoms with Crippen molar-refractivity contribution in [3.63, 3.8) is 0 Å². The molecule has 1 saturated carbocycles. The average Bonchev–Trinajstić information content (AvgIpc) is 3.30. The third-order valence-electron chi connectivity index (χ3n) is 3.33. The molecule has 2 aromatic heterocycles. The Morgan fingerprint density at radius 2 is 1.96 bits per heavy atom. The predicted octanol–water partition coefficient (Wildman–Crippen LogP) is 3.59. The number of carbonyl (C=O) groups is 1. The van der Waals surface area contributed by atoms with Crippen LogP contribution in [0.25, 0.3) is 11.3 Å². The number of pyridine rings is 2. The molecule has 1 fully saturated rings. The summed E-state index contributed by atoms with van der Waals surface area (Å²) in [6.07, 6.45) is -1.02. The van der Waals surface area contributed by atoms with Crippen molar-refractivity contribution in [3.8, 4) is 11.3 Å². The van der Waals surface area contributed by atoms with E-state index >= 15 is 0 Å². The van der Waals surface area contributed by atoms with Gasteiger partial charge in [0.1, 0.15) is 5.82 Å². The van der Waals surface area contributed by atoms with E-state index in [0.717, 1.165) is 31.2 Å². The van der Waals surface area contributed by atoms with Crippen molar-refractivity contribution >= 4 is 11.7 Å². The Hall–Kier alpha value is -2.71. The van der Waals surface area contributed by atoms with Crippen LogP contribution in [0.3, 0.4) is 0 Å². The summed E-state index contributed by atoms with van der Waals surface area (Å²) in [7, 11) is 0. The lowest BCUT2D eigenvalue weighted by Crippen LogP contribution is -2.31. The lowest BCUT2D eigenvalue weighted by molar-refractivity contribution is -0.140. The van der Waals surface area contributed by atoms with Gasteiger partial charge in [0.25, 0.3) is 0 Å². The third kappa shape index (κ3) is 3.79. The Bertz CT molecular complexity index is 774. The van der Waals surface area contributed by atoms with Gasteiger partial charge in [0.05, 0.1) is 17.6 Å². The van der Waals surface area contributed by atoms with Gasteiger partial charge in [0, 0.05) is 17.8 Å². The molecule has 3 rings (SSSR count). The van der Waals surface area contributed by atoms with E-state index < -0.39 is 29.4 Å². The second-order valence-electron chi connectivity index (χ2n) is 5.35. The molecular formula is C15H12F4N4O. The maximum absolute atomic E-state index is 13.2. The molecule has 2 amide bonds. The van der Waals surface area contributed by atoms with Crippen LogP contribution in [-0.2, 0) is 6.18 Å². The van der Waals surface area contributed by atoms with Crippen LogP contribution < -0.4 is 10.6 Å². The van der Waals surface area contributed by atoms with Crippen molar-refractivity contribution < 1.29 is 22.4 Å². The second-order valence-corrected chi connectivity index (χ2v) is 5.35. The van der Waals surface area contributed by atoms with Crippen molar-refractivity contribution in [2.75, 3.05) is 5.32 Å². The summed E-state index contributed by atoms with van der Waals surface area (Å²) >= 11 is 0. The van der Waals surface area contributed by atoms with Crippen molar-refractivity contribution in [3.05, 3.63) is 42.1 Å². The van der Waals surface area contributed by atoms with Crippen LogP contribution in [0.2, 0.25) is 0 Å². The Labute approximate surface area is 134 Å². The number of anilines is 1. The third-order valence-corrected chi connectivity index (χ3v) is 3.33. The first-order valence-electron chi connectivity index (χ1n) is 7.09. The minimum Gasteiger partial charge on any atom is -0.335 e. The fourth-order valence-corrected chi connectivity index (χ4v) is 2.06. The Kier molecular flexibility index (Phi) is 4.08. The van der Waals surface area contributed by atoms with Crippen LogP contribution in [0.1, 0.15) is 18.5 Å². The summed E-state index contributed by atoms with van der Waals surface area (Å²) < 4.78 is 52.9. The van der Waals surface area contributed by atoms with E-state index in [0.29, 0.717) is 0 Å². The fraction of sp³-hybridized carbons (Fsp3) is 0.267. The van der Waals surface area contributed by atoms with E-state index in [9.17, 15) is 22.4 Å². The van der Waals surface area contributed by atoms with Gasteiger partial charge < -0.3 is 10.6 Å². The minimum atomic E-state index is -4.78. The number of nitrogens with one attached hydrogen (secondary N) is 2. The van der Waals surface area contributed by atoms with Crippen LogP contribution in [0.5, 0.6) is 0 Å². The number of hydrogen-bond donors (Lipinski definition) is 2. The molecule has 0 atom stereocenters. The number of aromatic nitrogens is 2. The first kappa shape index (κ1) is 16.2. The van der Waals surface area contributed by atoms with Crippen LogP contribution in [0, 0.1) is 5.82 Å². The Morgan fingerprint density at radius 1 is 1.21 bits per heavy atom. The standard InChI is InChI=1S/C15H12F4N4O/c16-9-5-8(6-20-7-9)11-3-4-12(13(22-11)15(17,18)19)23-14(24)21-10-1-2-10/h3-7,10H,1-2H2,(H2,21,23,24). The van der Waals surface area contributed by atoms with E-state index in [1.807, 2.05) is 0 Å². The number of rotatable bonds is 3. The molecule has 2 aromatic rings. The molecule has 1 aliphatic carbocycles.